The van der Waals surface area contributed by atoms with Crippen molar-refractivity contribution in [2.24, 2.45) is 0 Å². The minimum absolute atomic E-state index is 0.0141. The number of hydrogen-bond acceptors (Lipinski definition) is 8. The molecule has 3 atom stereocenters. The number of carbonyl (C=O) groups excluding carboxylic acids is 2. The SMILES string of the molecule is C=CCOC(=O)NCc1cccc(-c2cccc([C@H]3O[C@@H](CN4CCC5(CC4)C(=O)NCN5c4ccccc4)C[C@@H](c4ccc(CO)cc4)O3)c2)c1. The predicted molar refractivity (Wildman–Crippen MR) is 199 cm³/mol. The molecule has 52 heavy (non-hydrogen) atoms. The van der Waals surface area contributed by atoms with Crippen molar-refractivity contribution < 1.29 is 28.9 Å². The Labute approximate surface area is 305 Å². The topological polar surface area (TPSA) is 113 Å². The molecule has 4 aromatic carbocycles. The number of para-hydroxylation sites is 1. The van der Waals surface area contributed by atoms with Crippen molar-refractivity contribution in [3.8, 4) is 11.1 Å². The fourth-order valence-electron chi connectivity index (χ4n) is 7.54. The Balaban J connectivity index is 1.07. The molecule has 3 aliphatic rings. The van der Waals surface area contributed by atoms with Gasteiger partial charge in [-0.05, 0) is 64.9 Å². The number of aliphatic hydroxyl groups is 1. The van der Waals surface area contributed by atoms with Crippen LogP contribution in [0.5, 0.6) is 0 Å². The Morgan fingerprint density at radius 2 is 1.67 bits per heavy atom. The van der Waals surface area contributed by atoms with Gasteiger partial charge in [-0.2, -0.15) is 0 Å². The van der Waals surface area contributed by atoms with Crippen LogP contribution in [0.15, 0.2) is 116 Å². The highest BCUT2D eigenvalue weighted by atomic mass is 16.7. The molecule has 3 heterocycles. The second-order valence-corrected chi connectivity index (χ2v) is 13.7. The van der Waals surface area contributed by atoms with Crippen molar-refractivity contribution in [1.82, 2.24) is 15.5 Å². The molecule has 0 bridgehead atoms. The Morgan fingerprint density at radius 1 is 0.923 bits per heavy atom. The molecule has 3 aliphatic heterocycles. The van der Waals surface area contributed by atoms with Crippen molar-refractivity contribution >= 4 is 17.7 Å². The van der Waals surface area contributed by atoms with Crippen LogP contribution in [-0.4, -0.2) is 66.6 Å². The predicted octanol–water partition coefficient (Wildman–Crippen LogP) is 6.23. The summed E-state index contributed by atoms with van der Waals surface area (Å²) in [5.41, 5.74) is 6.28. The highest BCUT2D eigenvalue weighted by Crippen LogP contribution is 2.41. The molecule has 2 amide bonds. The van der Waals surface area contributed by atoms with Crippen LogP contribution < -0.4 is 15.5 Å². The van der Waals surface area contributed by atoms with Gasteiger partial charge in [0, 0.05) is 43.9 Å². The van der Waals surface area contributed by atoms with Gasteiger partial charge in [-0.3, -0.25) is 4.79 Å². The van der Waals surface area contributed by atoms with Gasteiger partial charge in [-0.15, -0.1) is 0 Å². The van der Waals surface area contributed by atoms with Crippen molar-refractivity contribution in [2.45, 2.75) is 56.5 Å². The van der Waals surface area contributed by atoms with E-state index in [-0.39, 0.29) is 31.3 Å². The van der Waals surface area contributed by atoms with E-state index in [1.807, 2.05) is 72.8 Å². The van der Waals surface area contributed by atoms with Crippen molar-refractivity contribution in [1.29, 1.82) is 0 Å². The van der Waals surface area contributed by atoms with Crippen molar-refractivity contribution in [3.63, 3.8) is 0 Å². The molecule has 0 unspecified atom stereocenters. The minimum Gasteiger partial charge on any atom is -0.445 e. The van der Waals surface area contributed by atoms with Crippen molar-refractivity contribution in [3.05, 3.63) is 138 Å². The average Bonchev–Trinajstić information content (AvgIpc) is 3.51. The summed E-state index contributed by atoms with van der Waals surface area (Å²) in [5, 5.41) is 15.5. The van der Waals surface area contributed by atoms with Gasteiger partial charge in [0.25, 0.3) is 0 Å². The van der Waals surface area contributed by atoms with Gasteiger partial charge in [-0.1, -0.05) is 91.5 Å². The van der Waals surface area contributed by atoms with Crippen LogP contribution in [0, 0.1) is 0 Å². The molecule has 0 radical (unpaired) electrons. The maximum absolute atomic E-state index is 13.3. The summed E-state index contributed by atoms with van der Waals surface area (Å²) in [7, 11) is 0. The van der Waals surface area contributed by atoms with Gasteiger partial charge < -0.3 is 39.8 Å². The first kappa shape index (κ1) is 35.4. The number of alkyl carbamates (subject to hydrolysis) is 1. The third kappa shape index (κ3) is 7.90. The number of benzene rings is 4. The maximum Gasteiger partial charge on any atom is 0.407 e. The monoisotopic (exact) mass is 702 g/mol. The van der Waals surface area contributed by atoms with E-state index in [1.54, 1.807) is 0 Å². The molecule has 0 aromatic heterocycles. The molecule has 0 saturated carbocycles. The molecular weight excluding hydrogens is 656 g/mol. The number of rotatable bonds is 11. The van der Waals surface area contributed by atoms with Crippen LogP contribution in [-0.2, 0) is 32.2 Å². The van der Waals surface area contributed by atoms with Crippen LogP contribution in [0.3, 0.4) is 0 Å². The molecule has 3 saturated heterocycles. The lowest BCUT2D eigenvalue weighted by atomic mass is 9.85. The summed E-state index contributed by atoms with van der Waals surface area (Å²) in [6.07, 6.45) is 2.27. The van der Waals surface area contributed by atoms with E-state index in [1.165, 1.54) is 6.08 Å². The number of aliphatic hydroxyl groups excluding tert-OH is 1. The zero-order chi connectivity index (χ0) is 35.9. The van der Waals surface area contributed by atoms with E-state index < -0.39 is 17.9 Å². The highest BCUT2D eigenvalue weighted by molar-refractivity contribution is 5.93. The summed E-state index contributed by atoms with van der Waals surface area (Å²) in [5.74, 6) is 0.109. The van der Waals surface area contributed by atoms with E-state index in [4.69, 9.17) is 14.2 Å². The zero-order valence-corrected chi connectivity index (χ0v) is 29.3. The molecule has 3 fully saturated rings. The molecule has 270 valence electrons. The normalized spacial score (nSPS) is 21.4. The minimum atomic E-state index is -0.601. The number of ether oxygens (including phenoxy) is 3. The molecule has 0 aliphatic carbocycles. The lowest BCUT2D eigenvalue weighted by Crippen LogP contribution is -2.57. The second kappa shape index (κ2) is 16.1. The third-order valence-corrected chi connectivity index (χ3v) is 10.4. The van der Waals surface area contributed by atoms with Crippen molar-refractivity contribution in [2.75, 3.05) is 37.8 Å². The van der Waals surface area contributed by atoms with Crippen LogP contribution in [0.4, 0.5) is 10.5 Å². The Kier molecular flexibility index (Phi) is 11.0. The summed E-state index contributed by atoms with van der Waals surface area (Å²) in [6, 6.07) is 34.4. The largest absolute Gasteiger partial charge is 0.445 e. The van der Waals surface area contributed by atoms with Gasteiger partial charge in [-0.25, -0.2) is 4.79 Å². The number of piperidine rings is 1. The van der Waals surface area contributed by atoms with E-state index in [9.17, 15) is 14.7 Å². The molecule has 4 aromatic rings. The second-order valence-electron chi connectivity index (χ2n) is 13.7. The molecule has 7 rings (SSSR count). The standard InChI is InChI=1S/C42H46N4O6/c1-2-22-50-41(49)43-26-31-8-6-9-33(23-31)34-10-7-11-35(24-34)39-51-37(25-38(52-39)32-16-14-30(28-47)15-17-32)27-45-20-18-42(19-21-45)40(48)44-29-46(42)36-12-4-3-5-13-36/h2-17,23-24,37-39,47H,1,18-22,25-29H2,(H,43,49)(H,44,48)/t37-,38+,39+/m1/s1. The van der Waals surface area contributed by atoms with Crippen LogP contribution in [0.1, 0.15) is 53.9 Å². The number of anilines is 1. The van der Waals surface area contributed by atoms with Gasteiger partial charge >= 0.3 is 6.09 Å². The van der Waals surface area contributed by atoms with Crippen LogP contribution in [0.25, 0.3) is 11.1 Å². The first-order valence-electron chi connectivity index (χ1n) is 18.0. The lowest BCUT2D eigenvalue weighted by Gasteiger charge is -2.45. The lowest BCUT2D eigenvalue weighted by molar-refractivity contribution is -0.253. The number of carbonyl (C=O) groups is 2. The fourth-order valence-corrected chi connectivity index (χ4v) is 7.54. The first-order valence-corrected chi connectivity index (χ1v) is 18.0. The molecule has 1 spiro atoms. The number of nitrogens with one attached hydrogen (secondary N) is 2. The van der Waals surface area contributed by atoms with E-state index in [2.05, 4.69) is 57.3 Å². The van der Waals surface area contributed by atoms with E-state index >= 15 is 0 Å². The molecule has 3 N–H and O–H groups in total. The highest BCUT2D eigenvalue weighted by Gasteiger charge is 2.50. The van der Waals surface area contributed by atoms with Gasteiger partial charge in [0.2, 0.25) is 5.91 Å². The summed E-state index contributed by atoms with van der Waals surface area (Å²) in [6.45, 7) is 6.86. The fraction of sp³-hybridized carbons (Fsp3) is 0.333. The summed E-state index contributed by atoms with van der Waals surface area (Å²) in [4.78, 5) is 29.9. The van der Waals surface area contributed by atoms with Crippen LogP contribution in [0.2, 0.25) is 0 Å². The van der Waals surface area contributed by atoms with Gasteiger partial charge in [0.1, 0.15) is 12.1 Å². The Morgan fingerprint density at radius 3 is 2.42 bits per heavy atom. The molecular formula is C42H46N4O6. The summed E-state index contributed by atoms with van der Waals surface area (Å²) < 4.78 is 18.5. The van der Waals surface area contributed by atoms with E-state index in [0.717, 1.165) is 71.5 Å². The smallest absolute Gasteiger partial charge is 0.407 e. The Bertz CT molecular complexity index is 1840. The quantitative estimate of drug-likeness (QED) is 0.158. The number of nitrogens with zero attached hydrogens (tertiary/aromatic N) is 2. The number of hydrogen-bond donors (Lipinski definition) is 3. The zero-order valence-electron chi connectivity index (χ0n) is 29.3. The molecule has 10 nitrogen and oxygen atoms in total. The maximum atomic E-state index is 13.3. The first-order chi connectivity index (χ1) is 25.4. The van der Waals surface area contributed by atoms with E-state index in [0.29, 0.717) is 19.6 Å². The van der Waals surface area contributed by atoms with Gasteiger partial charge in [0.15, 0.2) is 6.29 Å². The summed E-state index contributed by atoms with van der Waals surface area (Å²) >= 11 is 0. The van der Waals surface area contributed by atoms with Gasteiger partial charge in [0.05, 0.1) is 25.5 Å². The third-order valence-electron chi connectivity index (χ3n) is 10.4. The number of likely N-dealkylation sites (tertiary alicyclic amines) is 1. The average molecular weight is 703 g/mol. The number of amides is 2. The van der Waals surface area contributed by atoms with Crippen LogP contribution >= 0.6 is 0 Å². The molecule has 10 heteroatoms. The Hall–Kier alpha value is -5.00.